The van der Waals surface area contributed by atoms with Crippen LogP contribution in [-0.2, 0) is 10.8 Å². The summed E-state index contributed by atoms with van der Waals surface area (Å²) in [6.45, 7) is 3.91. The van der Waals surface area contributed by atoms with Crippen molar-refractivity contribution >= 4 is 10.8 Å². The molecular formula is C13H19F2NOS. The summed E-state index contributed by atoms with van der Waals surface area (Å²) in [4.78, 5) is 0.298. The minimum absolute atomic E-state index is 0.186. The second-order valence-electron chi connectivity index (χ2n) is 4.27. The zero-order chi connectivity index (χ0) is 13.7. The minimum atomic E-state index is -1.40. The molecule has 0 amide bonds. The highest BCUT2D eigenvalue weighted by molar-refractivity contribution is 7.85. The van der Waals surface area contributed by atoms with Gasteiger partial charge in [0.2, 0.25) is 0 Å². The van der Waals surface area contributed by atoms with Gasteiger partial charge >= 0.3 is 0 Å². The highest BCUT2D eigenvalue weighted by Gasteiger charge is 2.23. The molecule has 1 rings (SSSR count). The molecule has 3 atom stereocenters. The molecular weight excluding hydrogens is 256 g/mol. The molecule has 0 bridgehead atoms. The Kier molecular flexibility index (Phi) is 5.88. The highest BCUT2D eigenvalue weighted by atomic mass is 32.2. The lowest BCUT2D eigenvalue weighted by Gasteiger charge is -2.21. The summed E-state index contributed by atoms with van der Waals surface area (Å²) in [5, 5.41) is -0.227. The Morgan fingerprint density at radius 1 is 1.28 bits per heavy atom. The Morgan fingerprint density at radius 2 is 1.94 bits per heavy atom. The van der Waals surface area contributed by atoms with Gasteiger partial charge in [0.1, 0.15) is 0 Å². The van der Waals surface area contributed by atoms with E-state index in [-0.39, 0.29) is 11.3 Å². The van der Waals surface area contributed by atoms with E-state index in [0.717, 1.165) is 25.0 Å². The van der Waals surface area contributed by atoms with E-state index in [1.54, 1.807) is 0 Å². The third-order valence-corrected chi connectivity index (χ3v) is 4.85. The van der Waals surface area contributed by atoms with E-state index in [4.69, 9.17) is 5.73 Å². The maximum absolute atomic E-state index is 13.1. The summed E-state index contributed by atoms with van der Waals surface area (Å²) in [6, 6.07) is 3.16. The molecule has 18 heavy (non-hydrogen) atoms. The van der Waals surface area contributed by atoms with Crippen molar-refractivity contribution in [2.45, 2.75) is 49.3 Å². The molecule has 3 unspecified atom stereocenters. The van der Waals surface area contributed by atoms with Crippen molar-refractivity contribution in [3.8, 4) is 0 Å². The van der Waals surface area contributed by atoms with Gasteiger partial charge in [-0.3, -0.25) is 4.21 Å². The quantitative estimate of drug-likeness (QED) is 0.867. The van der Waals surface area contributed by atoms with Crippen LogP contribution in [0.1, 0.15) is 33.1 Å². The molecule has 2 nitrogen and oxygen atoms in total. The zero-order valence-corrected chi connectivity index (χ0v) is 11.5. The smallest absolute Gasteiger partial charge is 0.160 e. The first-order valence-electron chi connectivity index (χ1n) is 6.12. The summed E-state index contributed by atoms with van der Waals surface area (Å²) in [5.74, 6) is -1.90. The highest BCUT2D eigenvalue weighted by Crippen LogP contribution is 2.20. The van der Waals surface area contributed by atoms with Gasteiger partial charge < -0.3 is 5.73 Å². The van der Waals surface area contributed by atoms with Gasteiger partial charge in [-0.2, -0.15) is 0 Å². The monoisotopic (exact) mass is 275 g/mol. The SMILES string of the molecule is CCCC(N)C(CC)S(=O)c1ccc(F)c(F)c1. The first-order valence-corrected chi connectivity index (χ1v) is 7.33. The van der Waals surface area contributed by atoms with Crippen LogP contribution in [0, 0.1) is 11.6 Å². The van der Waals surface area contributed by atoms with Gasteiger partial charge in [-0.25, -0.2) is 8.78 Å². The Balaban J connectivity index is 2.92. The van der Waals surface area contributed by atoms with Crippen molar-refractivity contribution in [1.82, 2.24) is 0 Å². The third-order valence-electron chi connectivity index (χ3n) is 2.90. The normalized spacial score (nSPS) is 16.3. The fourth-order valence-corrected chi connectivity index (χ4v) is 3.44. The molecule has 0 saturated heterocycles. The lowest BCUT2D eigenvalue weighted by atomic mass is 10.1. The summed E-state index contributed by atoms with van der Waals surface area (Å²) in [5.41, 5.74) is 5.98. The zero-order valence-electron chi connectivity index (χ0n) is 10.7. The first kappa shape index (κ1) is 15.2. The second kappa shape index (κ2) is 6.95. The number of rotatable bonds is 6. The van der Waals surface area contributed by atoms with Crippen LogP contribution >= 0.6 is 0 Å². The Morgan fingerprint density at radius 3 is 2.44 bits per heavy atom. The van der Waals surface area contributed by atoms with Crippen LogP contribution in [-0.4, -0.2) is 15.5 Å². The van der Waals surface area contributed by atoms with E-state index in [9.17, 15) is 13.0 Å². The fourth-order valence-electron chi connectivity index (χ4n) is 1.91. The second-order valence-corrected chi connectivity index (χ2v) is 5.94. The van der Waals surface area contributed by atoms with Gasteiger partial charge in [0.15, 0.2) is 11.6 Å². The van der Waals surface area contributed by atoms with E-state index in [1.807, 2.05) is 13.8 Å². The fraction of sp³-hybridized carbons (Fsp3) is 0.538. The lowest BCUT2D eigenvalue weighted by molar-refractivity contribution is 0.504. The number of hydrogen-bond donors (Lipinski definition) is 1. The maximum Gasteiger partial charge on any atom is 0.160 e. The molecule has 1 aromatic carbocycles. The van der Waals surface area contributed by atoms with E-state index < -0.39 is 22.4 Å². The molecule has 1 aromatic rings. The van der Waals surface area contributed by atoms with Gasteiger partial charge in [0, 0.05) is 10.9 Å². The molecule has 5 heteroatoms. The predicted octanol–water partition coefficient (Wildman–Crippen LogP) is 2.98. The first-order chi connectivity index (χ1) is 8.51. The van der Waals surface area contributed by atoms with E-state index in [1.165, 1.54) is 6.07 Å². The molecule has 0 fully saturated rings. The minimum Gasteiger partial charge on any atom is -0.327 e. The molecule has 2 N–H and O–H groups in total. The van der Waals surface area contributed by atoms with Gasteiger partial charge in [0.05, 0.1) is 16.0 Å². The van der Waals surface area contributed by atoms with Gasteiger partial charge in [0.25, 0.3) is 0 Å². The van der Waals surface area contributed by atoms with Crippen molar-refractivity contribution in [2.75, 3.05) is 0 Å². The molecule has 0 radical (unpaired) electrons. The Bertz CT molecular complexity index is 425. The predicted molar refractivity (Wildman–Crippen MR) is 69.7 cm³/mol. The molecule has 0 heterocycles. The van der Waals surface area contributed by atoms with E-state index in [0.29, 0.717) is 11.3 Å². The van der Waals surface area contributed by atoms with Crippen molar-refractivity contribution in [3.63, 3.8) is 0 Å². The number of halogens is 2. The third kappa shape index (κ3) is 3.59. The average molecular weight is 275 g/mol. The summed E-state index contributed by atoms with van der Waals surface area (Å²) < 4.78 is 38.2. The number of hydrogen-bond acceptors (Lipinski definition) is 2. The number of benzene rings is 1. The summed E-state index contributed by atoms with van der Waals surface area (Å²) >= 11 is 0. The van der Waals surface area contributed by atoms with Crippen molar-refractivity contribution in [3.05, 3.63) is 29.8 Å². The van der Waals surface area contributed by atoms with E-state index in [2.05, 4.69) is 0 Å². The summed E-state index contributed by atoms with van der Waals surface area (Å²) in [6.07, 6.45) is 2.33. The van der Waals surface area contributed by atoms with Crippen LogP contribution in [0.25, 0.3) is 0 Å². The van der Waals surface area contributed by atoms with Gasteiger partial charge in [-0.05, 0) is 31.0 Å². The van der Waals surface area contributed by atoms with Crippen molar-refractivity contribution in [1.29, 1.82) is 0 Å². The molecule has 0 saturated carbocycles. The molecule has 102 valence electrons. The largest absolute Gasteiger partial charge is 0.327 e. The van der Waals surface area contributed by atoms with Crippen LogP contribution in [0.15, 0.2) is 23.1 Å². The number of nitrogens with two attached hydrogens (primary N) is 1. The average Bonchev–Trinajstić information content (AvgIpc) is 2.33. The van der Waals surface area contributed by atoms with Crippen LogP contribution < -0.4 is 5.73 Å². The topological polar surface area (TPSA) is 43.1 Å². The van der Waals surface area contributed by atoms with Crippen LogP contribution in [0.3, 0.4) is 0 Å². The van der Waals surface area contributed by atoms with Crippen LogP contribution in [0.2, 0.25) is 0 Å². The van der Waals surface area contributed by atoms with Crippen molar-refractivity contribution in [2.24, 2.45) is 5.73 Å². The molecule has 0 aliphatic heterocycles. The molecule has 0 aliphatic rings. The van der Waals surface area contributed by atoms with Gasteiger partial charge in [-0.15, -0.1) is 0 Å². The van der Waals surface area contributed by atoms with Crippen LogP contribution in [0.4, 0.5) is 8.78 Å². The Hall–Kier alpha value is -0.810. The van der Waals surface area contributed by atoms with Gasteiger partial charge in [-0.1, -0.05) is 20.3 Å². The lowest BCUT2D eigenvalue weighted by Crippen LogP contribution is -2.37. The van der Waals surface area contributed by atoms with Crippen molar-refractivity contribution < 1.29 is 13.0 Å². The standard InChI is InChI=1S/C13H19F2NOS/c1-3-5-12(16)13(4-2)18(17)9-6-7-10(14)11(15)8-9/h6-8,12-13H,3-5,16H2,1-2H3. The summed E-state index contributed by atoms with van der Waals surface area (Å²) in [7, 11) is -1.40. The van der Waals surface area contributed by atoms with E-state index >= 15 is 0 Å². The maximum atomic E-state index is 13.1. The molecule has 0 aromatic heterocycles. The Labute approximate surface area is 109 Å². The molecule has 0 spiro atoms. The van der Waals surface area contributed by atoms with Crippen LogP contribution in [0.5, 0.6) is 0 Å². The molecule has 0 aliphatic carbocycles.